The second kappa shape index (κ2) is 3.89. The zero-order chi connectivity index (χ0) is 14.6. The topological polar surface area (TPSA) is 72.8 Å². The molecule has 1 aliphatic heterocycles. The lowest BCUT2D eigenvalue weighted by Gasteiger charge is -2.36. The standard InChI is InChI=1S/C13H18FNO4/c1-12(2,16)13(3)7-8-5-10(15(4,17)18)9(14)6-11(8)19-13/h5-6,16-17H,7H2,1-4H3. The minimum atomic E-state index is -1.83. The van der Waals surface area contributed by atoms with Crippen molar-refractivity contribution in [2.75, 3.05) is 7.05 Å². The summed E-state index contributed by atoms with van der Waals surface area (Å²) in [7, 11) is 0.926. The van der Waals surface area contributed by atoms with Crippen molar-refractivity contribution in [1.29, 1.82) is 0 Å². The number of hydrogen-bond acceptors (Lipinski definition) is 4. The highest BCUT2D eigenvalue weighted by atomic mass is 19.1. The maximum atomic E-state index is 13.8. The molecule has 0 aliphatic carbocycles. The Labute approximate surface area is 111 Å². The Morgan fingerprint density at radius 2 is 2.05 bits per heavy atom. The van der Waals surface area contributed by atoms with E-state index < -0.39 is 21.8 Å². The van der Waals surface area contributed by atoms with Gasteiger partial charge in [0.1, 0.15) is 18.4 Å². The van der Waals surface area contributed by atoms with Crippen LogP contribution in [0, 0.1) is 11.0 Å². The van der Waals surface area contributed by atoms with E-state index in [9.17, 15) is 19.9 Å². The van der Waals surface area contributed by atoms with Gasteiger partial charge in [-0.25, -0.2) is 9.60 Å². The zero-order valence-electron chi connectivity index (χ0n) is 11.4. The summed E-state index contributed by atoms with van der Waals surface area (Å²) in [6.07, 6.45) is 0.332. The van der Waals surface area contributed by atoms with Crippen LogP contribution in [0.5, 0.6) is 5.75 Å². The van der Waals surface area contributed by atoms with Crippen molar-refractivity contribution in [3.05, 3.63) is 28.7 Å². The lowest BCUT2D eigenvalue weighted by Crippen LogP contribution is -2.51. The molecule has 1 aromatic rings. The predicted molar refractivity (Wildman–Crippen MR) is 68.3 cm³/mol. The number of halogens is 1. The van der Waals surface area contributed by atoms with E-state index in [1.54, 1.807) is 20.8 Å². The van der Waals surface area contributed by atoms with Gasteiger partial charge in [0.2, 0.25) is 5.69 Å². The third kappa shape index (κ3) is 2.32. The van der Waals surface area contributed by atoms with E-state index >= 15 is 0 Å². The van der Waals surface area contributed by atoms with Gasteiger partial charge in [-0.3, -0.25) is 0 Å². The molecule has 2 N–H and O–H groups in total. The average Bonchev–Trinajstić information content (AvgIpc) is 2.51. The maximum Gasteiger partial charge on any atom is 0.201 e. The summed E-state index contributed by atoms with van der Waals surface area (Å²) < 4.78 is 19.4. The van der Waals surface area contributed by atoms with Crippen LogP contribution in [-0.4, -0.2) is 28.6 Å². The van der Waals surface area contributed by atoms with E-state index in [4.69, 9.17) is 4.74 Å². The van der Waals surface area contributed by atoms with E-state index in [0.29, 0.717) is 17.7 Å². The van der Waals surface area contributed by atoms with E-state index in [-0.39, 0.29) is 5.69 Å². The first kappa shape index (κ1) is 14.2. The molecule has 106 valence electrons. The van der Waals surface area contributed by atoms with Gasteiger partial charge >= 0.3 is 0 Å². The number of rotatable bonds is 2. The molecule has 5 nitrogen and oxygen atoms in total. The van der Waals surface area contributed by atoms with Crippen LogP contribution < -0.4 is 9.55 Å². The smallest absolute Gasteiger partial charge is 0.201 e. The van der Waals surface area contributed by atoms with Gasteiger partial charge in [-0.15, -0.1) is 0 Å². The van der Waals surface area contributed by atoms with Crippen molar-refractivity contribution in [2.24, 2.45) is 0 Å². The fraction of sp³-hybridized carbons (Fsp3) is 0.538. The zero-order valence-corrected chi connectivity index (χ0v) is 11.4. The molecule has 2 atom stereocenters. The molecule has 0 amide bonds. The van der Waals surface area contributed by atoms with Gasteiger partial charge in [0.15, 0.2) is 5.82 Å². The Balaban J connectivity index is 2.46. The van der Waals surface area contributed by atoms with Gasteiger partial charge in [-0.05, 0) is 20.8 Å². The Kier molecular flexibility index (Phi) is 2.91. The molecule has 1 aliphatic rings. The molecule has 2 unspecified atom stereocenters. The number of aliphatic hydroxyl groups is 1. The quantitative estimate of drug-likeness (QED) is 0.638. The largest absolute Gasteiger partial charge is 0.593 e. The van der Waals surface area contributed by atoms with Gasteiger partial charge in [0.05, 0.1) is 5.60 Å². The predicted octanol–water partition coefficient (Wildman–Crippen LogP) is 2.11. The SMILES string of the molecule is CC(C)(O)C1(C)Cc2cc([N+](C)([O-])O)c(F)cc2O1. The Morgan fingerprint density at radius 1 is 1.47 bits per heavy atom. The summed E-state index contributed by atoms with van der Waals surface area (Å²) in [4.78, 5) is -1.83. The normalized spacial score (nSPS) is 25.7. The summed E-state index contributed by atoms with van der Waals surface area (Å²) in [5.41, 5.74) is -1.81. The Hall–Kier alpha value is -1.21. The number of hydrogen-bond donors (Lipinski definition) is 2. The van der Waals surface area contributed by atoms with Crippen LogP contribution in [0.25, 0.3) is 0 Å². The number of ether oxygens (including phenoxy) is 1. The number of hydroxylamine groups is 2. The molecular weight excluding hydrogens is 253 g/mol. The van der Waals surface area contributed by atoms with Crippen molar-refractivity contribution in [1.82, 2.24) is 4.81 Å². The maximum absolute atomic E-state index is 13.8. The highest BCUT2D eigenvalue weighted by molar-refractivity contribution is 5.53. The Bertz CT molecular complexity index is 519. The van der Waals surface area contributed by atoms with Crippen molar-refractivity contribution in [3.63, 3.8) is 0 Å². The molecule has 19 heavy (non-hydrogen) atoms. The van der Waals surface area contributed by atoms with Gasteiger partial charge in [0, 0.05) is 24.1 Å². The highest BCUT2D eigenvalue weighted by Gasteiger charge is 2.47. The first-order valence-corrected chi connectivity index (χ1v) is 5.99. The van der Waals surface area contributed by atoms with Crippen molar-refractivity contribution >= 4 is 5.69 Å². The molecule has 0 saturated carbocycles. The van der Waals surface area contributed by atoms with Crippen LogP contribution in [0.3, 0.4) is 0 Å². The van der Waals surface area contributed by atoms with Crippen molar-refractivity contribution in [2.45, 2.75) is 38.4 Å². The molecule has 0 spiro atoms. The number of quaternary nitrogens is 1. The van der Waals surface area contributed by atoms with E-state index in [2.05, 4.69) is 0 Å². The third-order valence-electron chi connectivity index (χ3n) is 3.73. The number of fused-ring (bicyclic) bond motifs is 1. The fourth-order valence-corrected chi connectivity index (χ4v) is 2.12. The lowest BCUT2D eigenvalue weighted by molar-refractivity contribution is -0.0900. The number of benzene rings is 1. The Morgan fingerprint density at radius 3 is 2.53 bits per heavy atom. The second-order valence-corrected chi connectivity index (χ2v) is 5.86. The minimum Gasteiger partial charge on any atom is -0.593 e. The molecular formula is C13H18FNO4. The van der Waals surface area contributed by atoms with E-state index in [0.717, 1.165) is 13.1 Å². The van der Waals surface area contributed by atoms with E-state index in [1.807, 2.05) is 0 Å². The van der Waals surface area contributed by atoms with Crippen molar-refractivity contribution in [3.8, 4) is 5.75 Å². The van der Waals surface area contributed by atoms with Crippen LogP contribution in [0.4, 0.5) is 10.1 Å². The van der Waals surface area contributed by atoms with Crippen LogP contribution in [-0.2, 0) is 6.42 Å². The second-order valence-electron chi connectivity index (χ2n) is 5.86. The third-order valence-corrected chi connectivity index (χ3v) is 3.73. The molecule has 1 aromatic carbocycles. The molecule has 6 heteroatoms. The summed E-state index contributed by atoms with van der Waals surface area (Å²) in [6.45, 7) is 4.93. The van der Waals surface area contributed by atoms with Gasteiger partial charge < -0.3 is 15.1 Å². The van der Waals surface area contributed by atoms with E-state index in [1.165, 1.54) is 6.07 Å². The molecule has 0 saturated heterocycles. The molecule has 0 aromatic heterocycles. The molecule has 0 fully saturated rings. The number of nitrogens with zero attached hydrogens (tertiary/aromatic N) is 1. The molecule has 0 radical (unpaired) electrons. The van der Waals surface area contributed by atoms with Crippen LogP contribution >= 0.6 is 0 Å². The van der Waals surface area contributed by atoms with Crippen LogP contribution in [0.2, 0.25) is 0 Å². The van der Waals surface area contributed by atoms with Gasteiger partial charge in [-0.1, -0.05) is 0 Å². The highest BCUT2D eigenvalue weighted by Crippen LogP contribution is 2.43. The minimum absolute atomic E-state index is 0.291. The first-order chi connectivity index (χ1) is 8.44. The first-order valence-electron chi connectivity index (χ1n) is 5.99. The summed E-state index contributed by atoms with van der Waals surface area (Å²) in [5, 5.41) is 30.9. The lowest BCUT2D eigenvalue weighted by atomic mass is 9.84. The molecule has 0 bridgehead atoms. The van der Waals surface area contributed by atoms with Crippen LogP contribution in [0.1, 0.15) is 26.3 Å². The van der Waals surface area contributed by atoms with Gasteiger partial charge in [-0.2, -0.15) is 4.81 Å². The van der Waals surface area contributed by atoms with Gasteiger partial charge in [0.25, 0.3) is 0 Å². The van der Waals surface area contributed by atoms with Crippen molar-refractivity contribution < 1.29 is 19.4 Å². The summed E-state index contributed by atoms with van der Waals surface area (Å²) >= 11 is 0. The van der Waals surface area contributed by atoms with Crippen LogP contribution in [0.15, 0.2) is 12.1 Å². The summed E-state index contributed by atoms with van der Waals surface area (Å²) in [6, 6.07) is 2.36. The summed E-state index contributed by atoms with van der Waals surface area (Å²) in [5.74, 6) is -0.543. The average molecular weight is 271 g/mol. The molecule has 1 heterocycles. The molecule has 2 rings (SSSR count). The fourth-order valence-electron chi connectivity index (χ4n) is 2.12. The monoisotopic (exact) mass is 271 g/mol.